The van der Waals surface area contributed by atoms with Crippen LogP contribution in [0.4, 0.5) is 0 Å². The number of carbonyl (C=O) groups is 1. The lowest BCUT2D eigenvalue weighted by atomic mass is 9.98. The molecule has 1 heteroatoms. The summed E-state index contributed by atoms with van der Waals surface area (Å²) in [6, 6.07) is 17.7. The van der Waals surface area contributed by atoms with Gasteiger partial charge >= 0.3 is 0 Å². The van der Waals surface area contributed by atoms with E-state index in [4.69, 9.17) is 0 Å². The third-order valence-electron chi connectivity index (χ3n) is 5.13. The van der Waals surface area contributed by atoms with Crippen molar-refractivity contribution in [2.45, 2.75) is 78.1 Å². The summed E-state index contributed by atoms with van der Waals surface area (Å²) >= 11 is 0. The first-order valence-corrected chi connectivity index (χ1v) is 10.1. The van der Waals surface area contributed by atoms with Crippen molar-refractivity contribution in [1.29, 1.82) is 0 Å². The van der Waals surface area contributed by atoms with Crippen molar-refractivity contribution in [1.82, 2.24) is 0 Å². The fourth-order valence-electron chi connectivity index (χ4n) is 3.24. The van der Waals surface area contributed by atoms with E-state index in [1.807, 2.05) is 0 Å². The average Bonchev–Trinajstić information content (AvgIpc) is 2.62. The third kappa shape index (κ3) is 6.78. The van der Waals surface area contributed by atoms with Gasteiger partial charge in [-0.2, -0.15) is 0 Å². The molecule has 140 valence electrons. The number of ketones is 1. The van der Waals surface area contributed by atoms with Gasteiger partial charge in [-0.25, -0.2) is 0 Å². The second-order valence-corrected chi connectivity index (χ2v) is 8.04. The fourth-order valence-corrected chi connectivity index (χ4v) is 3.24. The molecule has 0 aliphatic rings. The molecule has 2 rings (SSSR count). The van der Waals surface area contributed by atoms with Crippen molar-refractivity contribution in [2.24, 2.45) is 0 Å². The van der Waals surface area contributed by atoms with E-state index in [-0.39, 0.29) is 0 Å². The Kier molecular flexibility index (Phi) is 8.09. The molecule has 0 bridgehead atoms. The van der Waals surface area contributed by atoms with Gasteiger partial charge in [-0.1, -0.05) is 76.2 Å². The first-order chi connectivity index (χ1) is 12.5. The summed E-state index contributed by atoms with van der Waals surface area (Å²) in [5.74, 6) is 1.56. The molecule has 1 nitrogen and oxygen atoms in total. The van der Waals surface area contributed by atoms with E-state index < -0.39 is 0 Å². The van der Waals surface area contributed by atoms with Crippen molar-refractivity contribution < 1.29 is 4.79 Å². The molecule has 0 aliphatic carbocycles. The zero-order valence-corrected chi connectivity index (χ0v) is 16.9. The van der Waals surface area contributed by atoms with E-state index in [0.717, 1.165) is 25.7 Å². The molecule has 0 aliphatic heterocycles. The highest BCUT2D eigenvalue weighted by molar-refractivity contribution is 5.78. The summed E-state index contributed by atoms with van der Waals surface area (Å²) in [6.07, 6.45) is 5.34. The van der Waals surface area contributed by atoms with Gasteiger partial charge in [0.05, 0.1) is 0 Å². The Morgan fingerprint density at radius 2 is 1.00 bits per heavy atom. The molecule has 0 amide bonds. The van der Waals surface area contributed by atoms with Crippen LogP contribution in [0.3, 0.4) is 0 Å². The standard InChI is InChI=1S/C25H34O/c1-19(2)23-15-11-21(12-16-23)7-5-9-25(26)10-6-8-22-13-17-24(18-14-22)20(3)4/h11-20H,5-10H2,1-4H3. The van der Waals surface area contributed by atoms with Crippen LogP contribution in [0.1, 0.15) is 87.5 Å². The lowest BCUT2D eigenvalue weighted by Crippen LogP contribution is -2.00. The van der Waals surface area contributed by atoms with Gasteiger partial charge in [-0.05, 0) is 59.8 Å². The Labute approximate surface area is 159 Å². The number of carbonyl (C=O) groups excluding carboxylic acids is 1. The van der Waals surface area contributed by atoms with Crippen LogP contribution in [-0.2, 0) is 17.6 Å². The van der Waals surface area contributed by atoms with Gasteiger partial charge in [0.15, 0.2) is 0 Å². The molecule has 2 aromatic rings. The first kappa shape index (κ1) is 20.4. The lowest BCUT2D eigenvalue weighted by Gasteiger charge is -2.07. The molecule has 0 fully saturated rings. The van der Waals surface area contributed by atoms with Crippen LogP contribution in [0, 0.1) is 0 Å². The van der Waals surface area contributed by atoms with Gasteiger partial charge in [0.25, 0.3) is 0 Å². The largest absolute Gasteiger partial charge is 0.300 e. The highest BCUT2D eigenvalue weighted by Crippen LogP contribution is 2.17. The van der Waals surface area contributed by atoms with Gasteiger partial charge in [0.1, 0.15) is 5.78 Å². The molecule has 0 saturated carbocycles. The number of Topliss-reactive ketones (excluding diaryl/α,β-unsaturated/α-hetero) is 1. The van der Waals surface area contributed by atoms with Crippen LogP contribution in [0.5, 0.6) is 0 Å². The average molecular weight is 351 g/mol. The Hall–Kier alpha value is -1.89. The van der Waals surface area contributed by atoms with Crippen LogP contribution < -0.4 is 0 Å². The molecular weight excluding hydrogens is 316 g/mol. The molecule has 26 heavy (non-hydrogen) atoms. The van der Waals surface area contributed by atoms with Crippen LogP contribution >= 0.6 is 0 Å². The van der Waals surface area contributed by atoms with Crippen LogP contribution in [0.15, 0.2) is 48.5 Å². The Bertz CT molecular complexity index is 603. The SMILES string of the molecule is CC(C)c1ccc(CCCC(=O)CCCc2ccc(C(C)C)cc2)cc1. The Balaban J connectivity index is 1.64. The predicted octanol–water partition coefficient (Wildman–Crippen LogP) is 6.85. The highest BCUT2D eigenvalue weighted by Gasteiger charge is 2.05. The molecule has 0 spiro atoms. The molecular formula is C25H34O. The maximum absolute atomic E-state index is 12.1. The van der Waals surface area contributed by atoms with E-state index in [1.165, 1.54) is 22.3 Å². The van der Waals surface area contributed by atoms with Gasteiger partial charge in [-0.3, -0.25) is 4.79 Å². The number of hydrogen-bond donors (Lipinski definition) is 0. The van der Waals surface area contributed by atoms with Crippen molar-refractivity contribution in [3.63, 3.8) is 0 Å². The van der Waals surface area contributed by atoms with E-state index in [9.17, 15) is 4.79 Å². The topological polar surface area (TPSA) is 17.1 Å². The number of rotatable bonds is 10. The van der Waals surface area contributed by atoms with Crippen LogP contribution in [0.25, 0.3) is 0 Å². The van der Waals surface area contributed by atoms with E-state index in [1.54, 1.807) is 0 Å². The summed E-state index contributed by atoms with van der Waals surface area (Å²) in [5.41, 5.74) is 5.44. The second-order valence-electron chi connectivity index (χ2n) is 8.04. The van der Waals surface area contributed by atoms with Crippen molar-refractivity contribution in [2.75, 3.05) is 0 Å². The smallest absolute Gasteiger partial charge is 0.132 e. The van der Waals surface area contributed by atoms with Gasteiger partial charge in [-0.15, -0.1) is 0 Å². The zero-order valence-electron chi connectivity index (χ0n) is 16.9. The maximum atomic E-state index is 12.1. The second kappa shape index (κ2) is 10.3. The minimum Gasteiger partial charge on any atom is -0.300 e. The van der Waals surface area contributed by atoms with Crippen LogP contribution in [0.2, 0.25) is 0 Å². The summed E-state index contributed by atoms with van der Waals surface area (Å²) in [4.78, 5) is 12.1. The lowest BCUT2D eigenvalue weighted by molar-refractivity contribution is -0.119. The van der Waals surface area contributed by atoms with Crippen molar-refractivity contribution in [3.05, 3.63) is 70.8 Å². The molecule has 0 unspecified atom stereocenters. The molecule has 0 heterocycles. The predicted molar refractivity (Wildman–Crippen MR) is 112 cm³/mol. The number of hydrogen-bond acceptors (Lipinski definition) is 1. The first-order valence-electron chi connectivity index (χ1n) is 10.1. The summed E-state index contributed by atoms with van der Waals surface area (Å²) in [5, 5.41) is 0. The third-order valence-corrected chi connectivity index (χ3v) is 5.13. The minimum absolute atomic E-state index is 0.405. The maximum Gasteiger partial charge on any atom is 0.132 e. The molecule has 0 N–H and O–H groups in total. The molecule has 0 saturated heterocycles. The quantitative estimate of drug-likeness (QED) is 0.458. The van der Waals surface area contributed by atoms with Crippen molar-refractivity contribution in [3.8, 4) is 0 Å². The number of benzene rings is 2. The van der Waals surface area contributed by atoms with E-state index >= 15 is 0 Å². The van der Waals surface area contributed by atoms with Crippen LogP contribution in [-0.4, -0.2) is 5.78 Å². The summed E-state index contributed by atoms with van der Waals surface area (Å²) in [6.45, 7) is 8.86. The summed E-state index contributed by atoms with van der Waals surface area (Å²) in [7, 11) is 0. The minimum atomic E-state index is 0.405. The van der Waals surface area contributed by atoms with E-state index in [2.05, 4.69) is 76.2 Å². The zero-order chi connectivity index (χ0) is 18.9. The summed E-state index contributed by atoms with van der Waals surface area (Å²) < 4.78 is 0. The fraction of sp³-hybridized carbons (Fsp3) is 0.480. The molecule has 0 radical (unpaired) electrons. The Morgan fingerprint density at radius 3 is 1.31 bits per heavy atom. The number of aryl methyl sites for hydroxylation is 2. The highest BCUT2D eigenvalue weighted by atomic mass is 16.1. The Morgan fingerprint density at radius 1 is 0.654 bits per heavy atom. The van der Waals surface area contributed by atoms with Gasteiger partial charge < -0.3 is 0 Å². The van der Waals surface area contributed by atoms with Gasteiger partial charge in [0.2, 0.25) is 0 Å². The normalized spacial score (nSPS) is 11.3. The molecule has 0 atom stereocenters. The van der Waals surface area contributed by atoms with Gasteiger partial charge in [0, 0.05) is 12.8 Å². The van der Waals surface area contributed by atoms with E-state index in [0.29, 0.717) is 30.5 Å². The molecule has 2 aromatic carbocycles. The molecule has 0 aromatic heterocycles. The van der Waals surface area contributed by atoms with Crippen molar-refractivity contribution >= 4 is 5.78 Å². The monoisotopic (exact) mass is 350 g/mol.